The minimum Gasteiger partial charge on any atom is -0.456 e. The molecule has 11 rings (SSSR count). The van der Waals surface area contributed by atoms with E-state index in [1.165, 1.54) is 52.8 Å². The predicted molar refractivity (Wildman–Crippen MR) is 242 cm³/mol. The number of thiophene rings is 1. The first-order valence-electron chi connectivity index (χ1n) is 19.7. The standard InChI is InChI=1S/C52H41N3OS/c1-51(2,3)34-18-20-42-37(27-34)38-28-35(52(4,5)6)19-21-43(38)55(42)50-53-40(32-16-15-30-11-7-8-12-31(30)25-32)29-41(54-50)33-17-22-44-39(26-33)48-45(56-44)23-24-47-49(48)36-13-9-10-14-46(36)57-47/h7-29H,1-6H3. The summed E-state index contributed by atoms with van der Waals surface area (Å²) in [7, 11) is 0. The van der Waals surface area contributed by atoms with Gasteiger partial charge in [-0.1, -0.05) is 108 Å². The van der Waals surface area contributed by atoms with Crippen LogP contribution in [0.15, 0.2) is 144 Å². The molecular formula is C52H41N3OS. The first-order chi connectivity index (χ1) is 27.5. The quantitative estimate of drug-likeness (QED) is 0.180. The lowest BCUT2D eigenvalue weighted by Crippen LogP contribution is -2.10. The van der Waals surface area contributed by atoms with Crippen LogP contribution in [-0.4, -0.2) is 14.5 Å². The highest BCUT2D eigenvalue weighted by molar-refractivity contribution is 7.26. The van der Waals surface area contributed by atoms with Crippen molar-refractivity contribution in [1.82, 2.24) is 14.5 Å². The number of hydrogen-bond acceptors (Lipinski definition) is 4. The Morgan fingerprint density at radius 3 is 1.79 bits per heavy atom. The van der Waals surface area contributed by atoms with Crippen molar-refractivity contribution in [2.24, 2.45) is 0 Å². The van der Waals surface area contributed by atoms with E-state index in [9.17, 15) is 0 Å². The van der Waals surface area contributed by atoms with E-state index in [1.54, 1.807) is 0 Å². The van der Waals surface area contributed by atoms with Crippen LogP contribution in [0.25, 0.3) is 103 Å². The van der Waals surface area contributed by atoms with Gasteiger partial charge in [-0.15, -0.1) is 11.3 Å². The average Bonchev–Trinajstić information content (AvgIpc) is 3.88. The number of furan rings is 1. The largest absolute Gasteiger partial charge is 0.456 e. The number of fused-ring (bicyclic) bond motifs is 11. The van der Waals surface area contributed by atoms with Gasteiger partial charge < -0.3 is 4.42 Å². The lowest BCUT2D eigenvalue weighted by molar-refractivity contribution is 0.590. The summed E-state index contributed by atoms with van der Waals surface area (Å²) in [6.45, 7) is 13.7. The van der Waals surface area contributed by atoms with E-state index in [2.05, 4.69) is 186 Å². The van der Waals surface area contributed by atoms with Gasteiger partial charge in [0.25, 0.3) is 0 Å². The molecule has 0 N–H and O–H groups in total. The van der Waals surface area contributed by atoms with Gasteiger partial charge in [-0.05, 0) is 106 Å². The van der Waals surface area contributed by atoms with Gasteiger partial charge in [0.15, 0.2) is 0 Å². The third kappa shape index (κ3) is 5.40. The van der Waals surface area contributed by atoms with Crippen molar-refractivity contribution in [2.45, 2.75) is 52.4 Å². The molecule has 11 aromatic rings. The summed E-state index contributed by atoms with van der Waals surface area (Å²) in [6, 6.07) is 50.6. The van der Waals surface area contributed by atoms with Crippen LogP contribution < -0.4 is 0 Å². The van der Waals surface area contributed by atoms with Crippen LogP contribution in [0, 0.1) is 0 Å². The molecule has 0 radical (unpaired) electrons. The minimum absolute atomic E-state index is 0.000701. The van der Waals surface area contributed by atoms with Crippen LogP contribution in [-0.2, 0) is 10.8 Å². The fraction of sp³-hybridized carbons (Fsp3) is 0.154. The molecule has 7 aromatic carbocycles. The fourth-order valence-electron chi connectivity index (χ4n) is 8.59. The summed E-state index contributed by atoms with van der Waals surface area (Å²) in [5, 5.41) is 9.55. The Morgan fingerprint density at radius 2 is 1.09 bits per heavy atom. The summed E-state index contributed by atoms with van der Waals surface area (Å²) >= 11 is 1.83. The van der Waals surface area contributed by atoms with Gasteiger partial charge in [0.2, 0.25) is 5.95 Å². The third-order valence-corrected chi connectivity index (χ3v) is 12.9. The highest BCUT2D eigenvalue weighted by Gasteiger charge is 2.23. The molecule has 0 saturated heterocycles. The van der Waals surface area contributed by atoms with Gasteiger partial charge in [-0.2, -0.15) is 0 Å². The molecule has 0 aliphatic rings. The van der Waals surface area contributed by atoms with Crippen molar-refractivity contribution in [1.29, 1.82) is 0 Å². The Bertz CT molecular complexity index is 3370. The molecule has 0 atom stereocenters. The number of benzene rings is 7. The monoisotopic (exact) mass is 755 g/mol. The molecule has 0 unspecified atom stereocenters. The number of aromatic nitrogens is 3. The van der Waals surface area contributed by atoms with Gasteiger partial charge in [0.05, 0.1) is 22.4 Å². The first kappa shape index (κ1) is 34.0. The van der Waals surface area contributed by atoms with Crippen molar-refractivity contribution in [3.05, 3.63) is 151 Å². The smallest absolute Gasteiger partial charge is 0.235 e. The summed E-state index contributed by atoms with van der Waals surface area (Å²) < 4.78 is 11.3. The van der Waals surface area contributed by atoms with E-state index < -0.39 is 0 Å². The molecule has 0 saturated carbocycles. The molecule has 276 valence electrons. The second-order valence-electron chi connectivity index (χ2n) is 17.5. The molecule has 0 fully saturated rings. The zero-order valence-corrected chi connectivity index (χ0v) is 33.8. The molecule has 0 amide bonds. The molecule has 0 aliphatic carbocycles. The van der Waals surface area contributed by atoms with Crippen molar-refractivity contribution < 1.29 is 4.42 Å². The highest BCUT2D eigenvalue weighted by atomic mass is 32.1. The van der Waals surface area contributed by atoms with Crippen molar-refractivity contribution in [2.75, 3.05) is 0 Å². The topological polar surface area (TPSA) is 43.9 Å². The van der Waals surface area contributed by atoms with Crippen molar-refractivity contribution in [3.8, 4) is 28.5 Å². The molecule has 5 heteroatoms. The molecule has 0 bridgehead atoms. The molecule has 0 aliphatic heterocycles. The zero-order valence-electron chi connectivity index (χ0n) is 32.9. The highest BCUT2D eigenvalue weighted by Crippen LogP contribution is 2.44. The molecule has 0 spiro atoms. The second kappa shape index (κ2) is 12.1. The summed E-state index contributed by atoms with van der Waals surface area (Å²) in [5.41, 5.74) is 10.3. The SMILES string of the molecule is CC(C)(C)c1ccc2c(c1)c1cc(C(C)(C)C)ccc1n2-c1nc(-c2ccc3ccccc3c2)cc(-c2ccc3oc4ccc5sc6ccccc6c5c4c3c2)n1. The predicted octanol–water partition coefficient (Wildman–Crippen LogP) is 14.9. The minimum atomic E-state index is 0.000701. The van der Waals surface area contributed by atoms with E-state index in [4.69, 9.17) is 14.4 Å². The molecule has 57 heavy (non-hydrogen) atoms. The first-order valence-corrected chi connectivity index (χ1v) is 20.5. The molecule has 4 heterocycles. The maximum Gasteiger partial charge on any atom is 0.235 e. The Labute approximate surface area is 335 Å². The lowest BCUT2D eigenvalue weighted by atomic mass is 9.85. The summed E-state index contributed by atoms with van der Waals surface area (Å²) in [5.74, 6) is 0.644. The summed E-state index contributed by atoms with van der Waals surface area (Å²) in [6.07, 6.45) is 0. The molecule has 4 aromatic heterocycles. The normalized spacial score (nSPS) is 12.7. The van der Waals surface area contributed by atoms with Gasteiger partial charge in [-0.25, -0.2) is 9.97 Å². The van der Waals surface area contributed by atoms with Crippen LogP contribution in [0.4, 0.5) is 0 Å². The van der Waals surface area contributed by atoms with Crippen LogP contribution in [0.3, 0.4) is 0 Å². The Balaban J connectivity index is 1.20. The van der Waals surface area contributed by atoms with Gasteiger partial charge >= 0.3 is 0 Å². The molecular weight excluding hydrogens is 715 g/mol. The van der Waals surface area contributed by atoms with E-state index in [0.717, 1.165) is 55.5 Å². The average molecular weight is 756 g/mol. The van der Waals surface area contributed by atoms with Gasteiger partial charge in [-0.3, -0.25) is 4.57 Å². The van der Waals surface area contributed by atoms with E-state index in [0.29, 0.717) is 5.95 Å². The van der Waals surface area contributed by atoms with E-state index >= 15 is 0 Å². The summed E-state index contributed by atoms with van der Waals surface area (Å²) in [4.78, 5) is 10.9. The second-order valence-corrected chi connectivity index (χ2v) is 18.6. The van der Waals surface area contributed by atoms with Crippen LogP contribution >= 0.6 is 11.3 Å². The van der Waals surface area contributed by atoms with Crippen molar-refractivity contribution >= 4 is 86.0 Å². The lowest BCUT2D eigenvalue weighted by Gasteiger charge is -2.19. The Kier molecular flexibility index (Phi) is 7.22. The van der Waals surface area contributed by atoms with Crippen LogP contribution in [0.2, 0.25) is 0 Å². The molecule has 4 nitrogen and oxygen atoms in total. The fourth-order valence-corrected chi connectivity index (χ4v) is 9.71. The maximum atomic E-state index is 6.52. The van der Waals surface area contributed by atoms with Crippen LogP contribution in [0.5, 0.6) is 0 Å². The van der Waals surface area contributed by atoms with Crippen molar-refractivity contribution in [3.63, 3.8) is 0 Å². The van der Waals surface area contributed by atoms with E-state index in [1.807, 2.05) is 11.3 Å². The number of hydrogen-bond donors (Lipinski definition) is 0. The Morgan fingerprint density at radius 1 is 0.474 bits per heavy atom. The maximum absolute atomic E-state index is 6.52. The zero-order chi connectivity index (χ0) is 38.8. The van der Waals surface area contributed by atoms with E-state index in [-0.39, 0.29) is 10.8 Å². The number of rotatable bonds is 3. The van der Waals surface area contributed by atoms with Gasteiger partial charge in [0.1, 0.15) is 11.2 Å². The van der Waals surface area contributed by atoms with Crippen LogP contribution in [0.1, 0.15) is 52.7 Å². The van der Waals surface area contributed by atoms with Gasteiger partial charge in [0, 0.05) is 52.8 Å². The Hall–Kier alpha value is -6.30. The number of nitrogens with zero attached hydrogens (tertiary/aromatic N) is 3. The third-order valence-electron chi connectivity index (χ3n) is 11.7.